The normalized spacial score (nSPS) is 24.1. The van der Waals surface area contributed by atoms with Crippen LogP contribution in [0, 0.1) is 11.6 Å². The molecule has 3 aliphatic heterocycles. The van der Waals surface area contributed by atoms with Gasteiger partial charge in [0.15, 0.2) is 0 Å². The Morgan fingerprint density at radius 1 is 1.11 bits per heavy atom. The summed E-state index contributed by atoms with van der Waals surface area (Å²) in [6.07, 6.45) is 1.14. The third kappa shape index (κ3) is 7.20. The summed E-state index contributed by atoms with van der Waals surface area (Å²) in [6.45, 7) is 14.5. The number of carbonyl (C=O) groups excluding carboxylic acids is 2. The zero-order valence-corrected chi connectivity index (χ0v) is 26.6. The molecule has 0 aliphatic carbocycles. The molecule has 4 heterocycles. The first-order valence-electron chi connectivity index (χ1n) is 15.4. The zero-order chi connectivity index (χ0) is 32.0. The molecule has 2 aromatic rings. The van der Waals surface area contributed by atoms with Crippen LogP contribution in [0.4, 0.5) is 23.7 Å². The highest BCUT2D eigenvalue weighted by Crippen LogP contribution is 2.41. The van der Waals surface area contributed by atoms with Gasteiger partial charge in [-0.15, -0.1) is 0 Å². The van der Waals surface area contributed by atoms with Crippen LogP contribution < -0.4 is 4.90 Å². The lowest BCUT2D eigenvalue weighted by Crippen LogP contribution is -2.63. The molecule has 5 rings (SSSR count). The molecule has 3 aliphatic rings. The summed E-state index contributed by atoms with van der Waals surface area (Å²) in [4.78, 5) is 39.4. The van der Waals surface area contributed by atoms with E-state index in [2.05, 4.69) is 28.6 Å². The number of likely N-dealkylation sites (tertiary alicyclic amines) is 1. The maximum Gasteiger partial charge on any atom is 0.410 e. The van der Waals surface area contributed by atoms with E-state index < -0.39 is 29.5 Å². The van der Waals surface area contributed by atoms with E-state index in [0.717, 1.165) is 17.3 Å². The molecule has 1 aromatic carbocycles. The molecular weight excluding hydrogens is 571 g/mol. The number of fused-ring (bicyclic) bond motifs is 1. The van der Waals surface area contributed by atoms with Gasteiger partial charge in [-0.25, -0.2) is 18.0 Å². The van der Waals surface area contributed by atoms with E-state index in [0.29, 0.717) is 56.9 Å². The van der Waals surface area contributed by atoms with Crippen LogP contribution in [-0.2, 0) is 21.4 Å². The topological polar surface area (TPSA) is 69.2 Å². The van der Waals surface area contributed by atoms with E-state index in [-0.39, 0.29) is 36.4 Å². The molecule has 3 atom stereocenters. The molecule has 0 radical (unpaired) electrons. The number of halogens is 3. The third-order valence-corrected chi connectivity index (χ3v) is 8.80. The number of pyridine rings is 1. The lowest BCUT2D eigenvalue weighted by Gasteiger charge is -2.46. The largest absolute Gasteiger partial charge is 0.444 e. The maximum atomic E-state index is 14.4. The van der Waals surface area contributed by atoms with Crippen LogP contribution in [0.25, 0.3) is 0 Å². The van der Waals surface area contributed by atoms with Gasteiger partial charge in [0.1, 0.15) is 23.4 Å². The van der Waals surface area contributed by atoms with Gasteiger partial charge < -0.3 is 14.5 Å². The Morgan fingerprint density at radius 3 is 2.52 bits per heavy atom. The Bertz CT molecular complexity index is 1400. The molecule has 0 spiro atoms. The summed E-state index contributed by atoms with van der Waals surface area (Å²) in [5, 5.41) is 0. The second-order valence-corrected chi connectivity index (χ2v) is 14.2. The number of carbonyl (C=O) groups is 2. The SMILES string of the molecule is C[C@@H]1CN(CC(=O)N2CC(C)(C)c3cnc(Cc4ccc(F)cc4F)cc32)[C@@H](CN2CC[C@@H](F)C2)CN1C(=O)OC(C)(C)C. The quantitative estimate of drug-likeness (QED) is 0.459. The van der Waals surface area contributed by atoms with E-state index >= 15 is 0 Å². The van der Waals surface area contributed by atoms with Gasteiger partial charge in [-0.3, -0.25) is 19.6 Å². The van der Waals surface area contributed by atoms with Crippen LogP contribution in [0.1, 0.15) is 64.8 Å². The number of rotatable bonds is 6. The number of ether oxygens (including phenoxy) is 1. The van der Waals surface area contributed by atoms with Crippen LogP contribution in [0.15, 0.2) is 30.5 Å². The van der Waals surface area contributed by atoms with Crippen molar-refractivity contribution >= 4 is 17.7 Å². The average molecular weight is 616 g/mol. The number of aromatic nitrogens is 1. The van der Waals surface area contributed by atoms with E-state index in [9.17, 15) is 22.8 Å². The number of benzene rings is 1. The first kappa shape index (κ1) is 32.2. The summed E-state index contributed by atoms with van der Waals surface area (Å²) in [7, 11) is 0. The highest BCUT2D eigenvalue weighted by molar-refractivity contribution is 5.97. The van der Waals surface area contributed by atoms with Gasteiger partial charge in [-0.2, -0.15) is 0 Å². The predicted molar refractivity (Wildman–Crippen MR) is 162 cm³/mol. The zero-order valence-electron chi connectivity index (χ0n) is 26.6. The Morgan fingerprint density at radius 2 is 1.86 bits per heavy atom. The van der Waals surface area contributed by atoms with Gasteiger partial charge in [-0.05, 0) is 51.8 Å². The minimum absolute atomic E-state index is 0.0883. The fourth-order valence-electron chi connectivity index (χ4n) is 6.54. The van der Waals surface area contributed by atoms with Crippen LogP contribution in [0.2, 0.25) is 0 Å². The Kier molecular flexibility index (Phi) is 9.01. The molecule has 1 aromatic heterocycles. The highest BCUT2D eigenvalue weighted by Gasteiger charge is 2.42. The third-order valence-electron chi connectivity index (χ3n) is 8.80. The number of nitrogens with zero attached hydrogens (tertiary/aromatic N) is 5. The molecule has 2 fully saturated rings. The summed E-state index contributed by atoms with van der Waals surface area (Å²) in [5.74, 6) is -1.36. The molecule has 0 saturated carbocycles. The first-order valence-corrected chi connectivity index (χ1v) is 15.4. The van der Waals surface area contributed by atoms with Crippen LogP contribution in [0.5, 0.6) is 0 Å². The van der Waals surface area contributed by atoms with Gasteiger partial charge in [0, 0.05) is 86.7 Å². The second-order valence-electron chi connectivity index (χ2n) is 14.2. The van der Waals surface area contributed by atoms with Crippen LogP contribution >= 0.6 is 0 Å². The predicted octanol–water partition coefficient (Wildman–Crippen LogP) is 4.93. The lowest BCUT2D eigenvalue weighted by molar-refractivity contribution is -0.121. The first-order chi connectivity index (χ1) is 20.6. The summed E-state index contributed by atoms with van der Waals surface area (Å²) >= 11 is 0. The molecule has 240 valence electrons. The fraction of sp³-hybridized carbons (Fsp3) is 0.606. The monoisotopic (exact) mass is 615 g/mol. The van der Waals surface area contributed by atoms with Gasteiger partial charge in [-0.1, -0.05) is 19.9 Å². The number of anilines is 1. The fourth-order valence-corrected chi connectivity index (χ4v) is 6.54. The average Bonchev–Trinajstić information content (AvgIpc) is 3.45. The Balaban J connectivity index is 1.36. The van der Waals surface area contributed by atoms with Crippen molar-refractivity contribution in [2.45, 2.75) is 83.7 Å². The van der Waals surface area contributed by atoms with Crippen molar-refractivity contribution in [3.63, 3.8) is 0 Å². The molecule has 2 saturated heterocycles. The van der Waals surface area contributed by atoms with Gasteiger partial charge in [0.25, 0.3) is 0 Å². The molecule has 0 bridgehead atoms. The van der Waals surface area contributed by atoms with E-state index in [4.69, 9.17) is 4.74 Å². The molecule has 8 nitrogen and oxygen atoms in total. The standard InChI is InChI=1S/C33H44F3N5O3/c1-21-15-39(26(17-38-10-9-24(35)16-38)18-40(21)31(43)44-32(2,3)4)19-30(42)41-20-33(5,6)27-14-37-25(13-29(27)41)11-22-7-8-23(34)12-28(22)36/h7-8,12-14,21,24,26H,9-11,15-20H2,1-6H3/t21-,24-,26+/m1/s1. The minimum Gasteiger partial charge on any atom is -0.444 e. The second kappa shape index (κ2) is 12.3. The lowest BCUT2D eigenvalue weighted by atomic mass is 9.88. The molecule has 44 heavy (non-hydrogen) atoms. The van der Waals surface area contributed by atoms with E-state index in [1.165, 1.54) is 12.1 Å². The van der Waals surface area contributed by atoms with Gasteiger partial charge in [0.05, 0.1) is 12.2 Å². The summed E-state index contributed by atoms with van der Waals surface area (Å²) in [6, 6.07) is 4.95. The van der Waals surface area contributed by atoms with Crippen LogP contribution in [0.3, 0.4) is 0 Å². The number of hydrogen-bond acceptors (Lipinski definition) is 6. The molecule has 0 unspecified atom stereocenters. The minimum atomic E-state index is -0.871. The molecule has 2 amide bonds. The van der Waals surface area contributed by atoms with Crippen molar-refractivity contribution in [1.29, 1.82) is 0 Å². The summed E-state index contributed by atoms with van der Waals surface area (Å²) in [5.41, 5.74) is 1.60. The summed E-state index contributed by atoms with van der Waals surface area (Å²) < 4.78 is 47.6. The molecule has 0 N–H and O–H groups in total. The molecular formula is C33H44F3N5O3. The van der Waals surface area contributed by atoms with Gasteiger partial charge in [0.2, 0.25) is 5.91 Å². The molecule has 11 heteroatoms. The highest BCUT2D eigenvalue weighted by atomic mass is 19.1. The Hall–Kier alpha value is -3.18. The maximum absolute atomic E-state index is 14.4. The number of amides is 2. The van der Waals surface area contributed by atoms with E-state index in [1.807, 2.05) is 33.8 Å². The van der Waals surface area contributed by atoms with Crippen molar-refractivity contribution < 1.29 is 27.5 Å². The smallest absolute Gasteiger partial charge is 0.410 e. The Labute approximate surface area is 258 Å². The van der Waals surface area contributed by atoms with Crippen molar-refractivity contribution in [1.82, 2.24) is 19.7 Å². The van der Waals surface area contributed by atoms with Crippen molar-refractivity contribution in [2.75, 3.05) is 50.7 Å². The van der Waals surface area contributed by atoms with Crippen molar-refractivity contribution in [3.05, 3.63) is 58.9 Å². The van der Waals surface area contributed by atoms with Gasteiger partial charge >= 0.3 is 6.09 Å². The number of alkyl halides is 1. The van der Waals surface area contributed by atoms with Crippen molar-refractivity contribution in [3.8, 4) is 0 Å². The van der Waals surface area contributed by atoms with Crippen molar-refractivity contribution in [2.24, 2.45) is 0 Å². The number of hydrogen-bond donors (Lipinski definition) is 0. The van der Waals surface area contributed by atoms with Crippen LogP contribution in [-0.4, -0.2) is 101 Å². The number of piperazine rings is 1. The van der Waals surface area contributed by atoms with E-state index in [1.54, 1.807) is 16.0 Å².